The molecule has 0 aliphatic heterocycles. The second kappa shape index (κ2) is 6.31. The van der Waals surface area contributed by atoms with E-state index in [0.717, 1.165) is 5.69 Å². The normalized spacial score (nSPS) is 9.12. The first-order valence-electron chi connectivity index (χ1n) is 5.06. The number of rotatable bonds is 5. The lowest BCUT2D eigenvalue weighted by atomic mass is 10.2. The minimum absolute atomic E-state index is 0.212. The SMILES string of the molecule is N#CCCN(CCC#N)c1ccc(O)cc1. The average Bonchev–Trinajstić information content (AvgIpc) is 2.31. The molecule has 0 unspecified atom stereocenters. The van der Waals surface area contributed by atoms with Gasteiger partial charge in [0.15, 0.2) is 0 Å². The largest absolute Gasteiger partial charge is 0.508 e. The lowest BCUT2D eigenvalue weighted by molar-refractivity contribution is 0.475. The summed E-state index contributed by atoms with van der Waals surface area (Å²) in [6.07, 6.45) is 0.846. The van der Waals surface area contributed by atoms with Gasteiger partial charge in [-0.05, 0) is 24.3 Å². The maximum absolute atomic E-state index is 9.17. The second-order valence-electron chi connectivity index (χ2n) is 3.32. The van der Waals surface area contributed by atoms with Crippen LogP contribution in [0.4, 0.5) is 5.69 Å². The van der Waals surface area contributed by atoms with Crippen molar-refractivity contribution in [2.75, 3.05) is 18.0 Å². The van der Waals surface area contributed by atoms with Gasteiger partial charge in [-0.2, -0.15) is 10.5 Å². The van der Waals surface area contributed by atoms with Crippen LogP contribution in [0.15, 0.2) is 24.3 Å². The highest BCUT2D eigenvalue weighted by atomic mass is 16.3. The Bertz CT molecular complexity index is 382. The van der Waals surface area contributed by atoms with Crippen molar-refractivity contribution in [1.82, 2.24) is 0 Å². The van der Waals surface area contributed by atoms with Crippen LogP contribution in [0.25, 0.3) is 0 Å². The van der Waals surface area contributed by atoms with E-state index in [4.69, 9.17) is 15.6 Å². The summed E-state index contributed by atoms with van der Waals surface area (Å²) in [5, 5.41) is 26.3. The molecule has 0 bridgehead atoms. The Morgan fingerprint density at radius 3 is 1.94 bits per heavy atom. The molecule has 82 valence electrons. The molecular formula is C12H13N3O. The fourth-order valence-corrected chi connectivity index (χ4v) is 1.40. The Kier molecular flexibility index (Phi) is 4.69. The smallest absolute Gasteiger partial charge is 0.115 e. The molecule has 0 fully saturated rings. The van der Waals surface area contributed by atoms with E-state index in [1.807, 2.05) is 4.90 Å². The first-order chi connectivity index (χ1) is 7.77. The molecule has 0 spiro atoms. The Hall–Kier alpha value is -2.20. The molecule has 0 aromatic heterocycles. The van der Waals surface area contributed by atoms with Gasteiger partial charge in [-0.1, -0.05) is 0 Å². The van der Waals surface area contributed by atoms with Crippen molar-refractivity contribution in [3.63, 3.8) is 0 Å². The summed E-state index contributed by atoms with van der Waals surface area (Å²) in [7, 11) is 0. The van der Waals surface area contributed by atoms with Gasteiger partial charge in [-0.25, -0.2) is 0 Å². The van der Waals surface area contributed by atoms with E-state index in [0.29, 0.717) is 25.9 Å². The third-order valence-corrected chi connectivity index (χ3v) is 2.20. The van der Waals surface area contributed by atoms with E-state index in [9.17, 15) is 0 Å². The molecule has 0 amide bonds. The van der Waals surface area contributed by atoms with Gasteiger partial charge < -0.3 is 10.0 Å². The Labute approximate surface area is 95.0 Å². The Morgan fingerprint density at radius 1 is 1.00 bits per heavy atom. The van der Waals surface area contributed by atoms with Gasteiger partial charge in [-0.15, -0.1) is 0 Å². The molecule has 0 aliphatic carbocycles. The second-order valence-corrected chi connectivity index (χ2v) is 3.32. The predicted molar refractivity (Wildman–Crippen MR) is 60.8 cm³/mol. The summed E-state index contributed by atoms with van der Waals surface area (Å²) in [5.74, 6) is 0.212. The van der Waals surface area contributed by atoms with Gasteiger partial charge in [0.25, 0.3) is 0 Å². The highest BCUT2D eigenvalue weighted by Crippen LogP contribution is 2.18. The quantitative estimate of drug-likeness (QED) is 0.815. The number of phenolic OH excluding ortho intramolecular Hbond substituents is 1. The standard InChI is InChI=1S/C12H13N3O/c13-7-1-9-15(10-2-8-14)11-3-5-12(16)6-4-11/h3-6,16H,1-2,9-10H2. The maximum Gasteiger partial charge on any atom is 0.115 e. The minimum Gasteiger partial charge on any atom is -0.508 e. The Balaban J connectivity index is 2.71. The van der Waals surface area contributed by atoms with Crippen LogP contribution in [0.3, 0.4) is 0 Å². The molecule has 1 rings (SSSR count). The summed E-state index contributed by atoms with van der Waals surface area (Å²) >= 11 is 0. The van der Waals surface area contributed by atoms with Crippen LogP contribution in [0.1, 0.15) is 12.8 Å². The van der Waals surface area contributed by atoms with Gasteiger partial charge >= 0.3 is 0 Å². The van der Waals surface area contributed by atoms with Gasteiger partial charge in [0, 0.05) is 18.8 Å². The summed E-state index contributed by atoms with van der Waals surface area (Å²) in [6, 6.07) is 10.9. The monoisotopic (exact) mass is 215 g/mol. The number of nitrogens with zero attached hydrogens (tertiary/aromatic N) is 3. The van der Waals surface area contributed by atoms with Crippen molar-refractivity contribution in [3.05, 3.63) is 24.3 Å². The molecule has 16 heavy (non-hydrogen) atoms. The molecule has 0 radical (unpaired) electrons. The molecule has 1 N–H and O–H groups in total. The van der Waals surface area contributed by atoms with E-state index in [1.54, 1.807) is 24.3 Å². The lowest BCUT2D eigenvalue weighted by Gasteiger charge is -2.22. The van der Waals surface area contributed by atoms with Gasteiger partial charge in [0.05, 0.1) is 25.0 Å². The third-order valence-electron chi connectivity index (χ3n) is 2.20. The van der Waals surface area contributed by atoms with Crippen LogP contribution >= 0.6 is 0 Å². The number of anilines is 1. The summed E-state index contributed by atoms with van der Waals surface area (Å²) in [5.41, 5.74) is 0.920. The van der Waals surface area contributed by atoms with E-state index in [-0.39, 0.29) is 5.75 Å². The highest BCUT2D eigenvalue weighted by molar-refractivity contribution is 5.48. The van der Waals surface area contributed by atoms with E-state index >= 15 is 0 Å². The van der Waals surface area contributed by atoms with Crippen LogP contribution < -0.4 is 4.90 Å². The van der Waals surface area contributed by atoms with E-state index in [2.05, 4.69) is 12.1 Å². The number of hydrogen-bond acceptors (Lipinski definition) is 4. The fraction of sp³-hybridized carbons (Fsp3) is 0.333. The predicted octanol–water partition coefficient (Wildman–Crippen LogP) is 2.03. The number of phenols is 1. The van der Waals surface area contributed by atoms with Crippen LogP contribution in [0, 0.1) is 22.7 Å². The molecule has 0 saturated carbocycles. The zero-order valence-electron chi connectivity index (χ0n) is 8.93. The zero-order valence-corrected chi connectivity index (χ0v) is 8.93. The van der Waals surface area contributed by atoms with Crippen molar-refractivity contribution in [3.8, 4) is 17.9 Å². The maximum atomic E-state index is 9.17. The summed E-state index contributed by atoms with van der Waals surface area (Å²) in [4.78, 5) is 1.96. The topological polar surface area (TPSA) is 71.0 Å². The molecular weight excluding hydrogens is 202 g/mol. The number of benzene rings is 1. The highest BCUT2D eigenvalue weighted by Gasteiger charge is 2.05. The van der Waals surface area contributed by atoms with E-state index in [1.165, 1.54) is 0 Å². The molecule has 0 heterocycles. The van der Waals surface area contributed by atoms with Crippen molar-refractivity contribution >= 4 is 5.69 Å². The fourth-order valence-electron chi connectivity index (χ4n) is 1.40. The van der Waals surface area contributed by atoms with Crippen LogP contribution in [-0.2, 0) is 0 Å². The van der Waals surface area contributed by atoms with Crippen LogP contribution in [-0.4, -0.2) is 18.2 Å². The minimum atomic E-state index is 0.212. The van der Waals surface area contributed by atoms with Crippen molar-refractivity contribution in [1.29, 1.82) is 10.5 Å². The first kappa shape index (κ1) is 11.9. The molecule has 1 aromatic carbocycles. The van der Waals surface area contributed by atoms with Crippen LogP contribution in [0.2, 0.25) is 0 Å². The van der Waals surface area contributed by atoms with Crippen molar-refractivity contribution < 1.29 is 5.11 Å². The molecule has 0 atom stereocenters. The van der Waals surface area contributed by atoms with Crippen LogP contribution in [0.5, 0.6) is 5.75 Å². The first-order valence-corrected chi connectivity index (χ1v) is 5.06. The number of hydrogen-bond donors (Lipinski definition) is 1. The molecule has 0 saturated heterocycles. The Morgan fingerprint density at radius 2 is 1.50 bits per heavy atom. The lowest BCUT2D eigenvalue weighted by Crippen LogP contribution is -2.25. The molecule has 0 aliphatic rings. The molecule has 1 aromatic rings. The van der Waals surface area contributed by atoms with Crippen molar-refractivity contribution in [2.45, 2.75) is 12.8 Å². The number of nitriles is 2. The zero-order chi connectivity index (χ0) is 11.8. The molecule has 4 nitrogen and oxygen atoms in total. The van der Waals surface area contributed by atoms with E-state index < -0.39 is 0 Å². The summed E-state index contributed by atoms with van der Waals surface area (Å²) in [6.45, 7) is 1.20. The van der Waals surface area contributed by atoms with Gasteiger partial charge in [0.1, 0.15) is 5.75 Å². The van der Waals surface area contributed by atoms with Gasteiger partial charge in [-0.3, -0.25) is 0 Å². The molecule has 4 heteroatoms. The summed E-state index contributed by atoms with van der Waals surface area (Å²) < 4.78 is 0. The van der Waals surface area contributed by atoms with Crippen molar-refractivity contribution in [2.24, 2.45) is 0 Å². The number of aromatic hydroxyl groups is 1. The third kappa shape index (κ3) is 3.51. The van der Waals surface area contributed by atoms with Gasteiger partial charge in [0.2, 0.25) is 0 Å². The average molecular weight is 215 g/mol.